The molecule has 0 saturated heterocycles. The van der Waals surface area contributed by atoms with E-state index in [9.17, 15) is 9.59 Å². The summed E-state index contributed by atoms with van der Waals surface area (Å²) in [4.78, 5) is 48.2. The first-order valence-corrected chi connectivity index (χ1v) is 18.2. The Kier molecular flexibility index (Phi) is 12.6. The predicted molar refractivity (Wildman–Crippen MR) is 223 cm³/mol. The van der Waals surface area contributed by atoms with Crippen LogP contribution in [0.5, 0.6) is 0 Å². The highest BCUT2D eigenvalue weighted by molar-refractivity contribution is 6.61. The lowest BCUT2D eigenvalue weighted by molar-refractivity contribution is -0.115. The van der Waals surface area contributed by atoms with E-state index in [2.05, 4.69) is 45.8 Å². The Morgan fingerprint density at radius 2 is 1.17 bits per heavy atom. The Morgan fingerprint density at radius 1 is 0.655 bits per heavy atom. The fourth-order valence-electron chi connectivity index (χ4n) is 6.04. The number of amides is 2. The summed E-state index contributed by atoms with van der Waals surface area (Å²) >= 11 is 5.90. The van der Waals surface area contributed by atoms with E-state index in [-0.39, 0.29) is 17.0 Å². The monoisotopic (exact) mass is 796 g/mol. The Morgan fingerprint density at radius 3 is 1.71 bits per heavy atom. The Hall–Kier alpha value is -6.95. The summed E-state index contributed by atoms with van der Waals surface area (Å²) in [6.45, 7) is 10.5. The summed E-state index contributed by atoms with van der Waals surface area (Å²) < 4.78 is 3.25. The van der Waals surface area contributed by atoms with Gasteiger partial charge in [-0.1, -0.05) is 48.0 Å². The molecule has 18 heteroatoms. The predicted octanol–water partition coefficient (Wildman–Crippen LogP) is 5.26. The molecule has 4 N–H and O–H groups in total. The van der Waals surface area contributed by atoms with Crippen LogP contribution in [0.1, 0.15) is 36.6 Å². The number of nitrogens with zero attached hydrogens (tertiary/aromatic N) is 10. The van der Waals surface area contributed by atoms with Gasteiger partial charge in [-0.2, -0.15) is 25.1 Å². The van der Waals surface area contributed by atoms with Crippen molar-refractivity contribution < 1.29 is 19.6 Å². The number of carbonyl (C=O) groups excluding carboxylic acids is 2. The number of nitrogens with one attached hydrogen (secondary N) is 2. The average Bonchev–Trinajstić information content (AvgIpc) is 3.71. The molecule has 6 aromatic heterocycles. The van der Waals surface area contributed by atoms with E-state index in [0.717, 1.165) is 49.9 Å². The molecule has 0 saturated carbocycles. The number of carbonyl (C=O) groups is 2. The van der Waals surface area contributed by atoms with Crippen LogP contribution in [0.3, 0.4) is 0 Å². The van der Waals surface area contributed by atoms with Crippen LogP contribution >= 0.6 is 11.6 Å². The van der Waals surface area contributed by atoms with E-state index >= 15 is 0 Å². The van der Waals surface area contributed by atoms with E-state index in [1.54, 1.807) is 52.2 Å². The van der Waals surface area contributed by atoms with Gasteiger partial charge in [0, 0.05) is 73.1 Å². The number of aryl methyl sites for hydroxylation is 4. The van der Waals surface area contributed by atoms with Gasteiger partial charge in [-0.15, -0.1) is 0 Å². The minimum Gasteiger partial charge on any atom is -0.423 e. The highest BCUT2D eigenvalue weighted by Crippen LogP contribution is 2.29. The number of rotatable bonds is 6. The van der Waals surface area contributed by atoms with Gasteiger partial charge in [0.1, 0.15) is 16.8 Å². The number of anilines is 2. The first-order chi connectivity index (χ1) is 27.7. The lowest BCUT2D eigenvalue weighted by Crippen LogP contribution is -2.30. The minimum atomic E-state index is -1.42. The number of benzene rings is 2. The van der Waals surface area contributed by atoms with E-state index < -0.39 is 7.12 Å². The standard InChI is InChI=1S/C20H18N6O.C11H12ClN5O.C9H8BNO2/c1-12-9-13(2)26(25-12)20-23-18(10-19(24-20)22-14(3)27)17-6-4-5-15-11-21-8-7-16(15)17;1-6-4-7(2)17(16-6)11-14-9(12)5-10(15-11)13-8(3)18;12-10(13)9-3-1-2-7-6-11-5-4-8(7)9/h4-11H,1-3H3,(H,22,23,24,27);4-5H,1-3H3,(H,13,14,15,18);1-6,12-13H. The van der Waals surface area contributed by atoms with Gasteiger partial charge in [0.15, 0.2) is 0 Å². The first-order valence-electron chi connectivity index (χ1n) is 17.8. The largest absolute Gasteiger partial charge is 0.489 e. The van der Waals surface area contributed by atoms with Crippen LogP contribution in [0.4, 0.5) is 11.6 Å². The maximum Gasteiger partial charge on any atom is 0.489 e. The molecule has 0 fully saturated rings. The van der Waals surface area contributed by atoms with Crippen LogP contribution in [-0.4, -0.2) is 78.4 Å². The lowest BCUT2D eigenvalue weighted by Gasteiger charge is -2.11. The Balaban J connectivity index is 0.000000158. The van der Waals surface area contributed by atoms with Crippen molar-refractivity contribution in [2.24, 2.45) is 0 Å². The summed E-state index contributed by atoms with van der Waals surface area (Å²) in [6, 6.07) is 22.1. The molecule has 0 radical (unpaired) electrons. The van der Waals surface area contributed by atoms with Crippen LogP contribution in [0.2, 0.25) is 5.15 Å². The summed E-state index contributed by atoms with van der Waals surface area (Å²) in [5.41, 5.74) is 5.69. The summed E-state index contributed by atoms with van der Waals surface area (Å²) in [5.74, 6) is 1.11. The lowest BCUT2D eigenvalue weighted by atomic mass is 9.77. The molecule has 0 bridgehead atoms. The SMILES string of the molecule is CC(=O)Nc1cc(-c2cccc3cnccc23)nc(-n2nc(C)cc2C)n1.CC(=O)Nc1cc(Cl)nc(-n2nc(C)cc2C)n1.OB(O)c1cccc2cnccc12. The normalized spacial score (nSPS) is 10.6. The Bertz CT molecular complexity index is 2760. The van der Waals surface area contributed by atoms with Crippen LogP contribution in [0.15, 0.2) is 97.6 Å². The molecule has 0 spiro atoms. The number of fused-ring (bicyclic) bond motifs is 2. The fourth-order valence-corrected chi connectivity index (χ4v) is 6.22. The van der Waals surface area contributed by atoms with Gasteiger partial charge < -0.3 is 20.7 Å². The number of halogens is 1. The van der Waals surface area contributed by atoms with Crippen molar-refractivity contribution in [3.8, 4) is 23.2 Å². The van der Waals surface area contributed by atoms with Crippen LogP contribution in [0, 0.1) is 27.7 Å². The maximum absolute atomic E-state index is 11.6. The number of aromatic nitrogens is 10. The topological polar surface area (TPSA) is 212 Å². The quantitative estimate of drug-likeness (QED) is 0.125. The third kappa shape index (κ3) is 9.88. The molecule has 0 aliphatic rings. The molecule has 8 rings (SSSR count). The molecule has 0 aliphatic carbocycles. The summed E-state index contributed by atoms with van der Waals surface area (Å²) in [5, 5.41) is 36.2. The first kappa shape index (κ1) is 40.7. The fraction of sp³-hybridized carbons (Fsp3) is 0.150. The molecule has 2 amide bonds. The molecule has 0 atom stereocenters. The molecular formula is C40H38BClN12O4. The number of pyridine rings is 2. The molecule has 0 aliphatic heterocycles. The van der Waals surface area contributed by atoms with Crippen molar-refractivity contribution in [3.05, 3.63) is 126 Å². The van der Waals surface area contributed by atoms with Crippen molar-refractivity contribution in [2.75, 3.05) is 10.6 Å². The second-order valence-corrected chi connectivity index (χ2v) is 13.5. The van der Waals surface area contributed by atoms with E-state index in [4.69, 9.17) is 26.6 Å². The highest BCUT2D eigenvalue weighted by Gasteiger charge is 2.15. The van der Waals surface area contributed by atoms with Gasteiger partial charge in [0.2, 0.25) is 11.8 Å². The molecule has 58 heavy (non-hydrogen) atoms. The van der Waals surface area contributed by atoms with Crippen molar-refractivity contribution in [1.82, 2.24) is 49.5 Å². The van der Waals surface area contributed by atoms with Crippen molar-refractivity contribution >= 4 is 69.2 Å². The zero-order chi connectivity index (χ0) is 41.5. The van der Waals surface area contributed by atoms with E-state index in [0.29, 0.717) is 34.7 Å². The minimum absolute atomic E-state index is 0.193. The third-order valence-electron chi connectivity index (χ3n) is 8.35. The van der Waals surface area contributed by atoms with Gasteiger partial charge in [-0.3, -0.25) is 19.6 Å². The zero-order valence-corrected chi connectivity index (χ0v) is 33.1. The molecule has 16 nitrogen and oxygen atoms in total. The van der Waals surface area contributed by atoms with Crippen molar-refractivity contribution in [1.29, 1.82) is 0 Å². The second kappa shape index (κ2) is 17.9. The molecule has 6 heterocycles. The van der Waals surface area contributed by atoms with Crippen molar-refractivity contribution in [2.45, 2.75) is 41.5 Å². The molecule has 8 aromatic rings. The zero-order valence-electron chi connectivity index (χ0n) is 32.4. The van der Waals surface area contributed by atoms with Crippen molar-refractivity contribution in [3.63, 3.8) is 0 Å². The smallest absolute Gasteiger partial charge is 0.423 e. The van der Waals surface area contributed by atoms with Crippen LogP contribution < -0.4 is 16.1 Å². The Labute approximate surface area is 338 Å². The number of hydrogen-bond acceptors (Lipinski definition) is 12. The van der Waals surface area contributed by atoms with Gasteiger partial charge >= 0.3 is 7.12 Å². The van der Waals surface area contributed by atoms with Crippen LogP contribution in [-0.2, 0) is 9.59 Å². The average molecular weight is 797 g/mol. The summed E-state index contributed by atoms with van der Waals surface area (Å²) in [6.07, 6.45) is 6.90. The van der Waals surface area contributed by atoms with Gasteiger partial charge in [0.05, 0.1) is 17.1 Å². The van der Waals surface area contributed by atoms with E-state index in [1.165, 1.54) is 19.9 Å². The molecule has 2 aromatic carbocycles. The maximum atomic E-state index is 11.6. The molecule has 0 unspecified atom stereocenters. The highest BCUT2D eigenvalue weighted by atomic mass is 35.5. The second-order valence-electron chi connectivity index (χ2n) is 13.1. The van der Waals surface area contributed by atoms with Gasteiger partial charge in [0.25, 0.3) is 11.9 Å². The van der Waals surface area contributed by atoms with Gasteiger partial charge in [-0.05, 0) is 73.6 Å². The van der Waals surface area contributed by atoms with Gasteiger partial charge in [-0.25, -0.2) is 14.3 Å². The summed E-state index contributed by atoms with van der Waals surface area (Å²) in [7, 11) is -1.42. The third-order valence-corrected chi connectivity index (χ3v) is 8.55. The number of hydrogen-bond donors (Lipinski definition) is 4. The molecule has 292 valence electrons. The van der Waals surface area contributed by atoms with E-state index in [1.807, 2.05) is 76.4 Å². The molecular weight excluding hydrogens is 759 g/mol. The van der Waals surface area contributed by atoms with Crippen LogP contribution in [0.25, 0.3) is 44.7 Å².